The Labute approximate surface area is 185 Å². The zero-order valence-corrected chi connectivity index (χ0v) is 19.4. The molecule has 31 heavy (non-hydrogen) atoms. The van der Waals surface area contributed by atoms with Crippen LogP contribution in [0.2, 0.25) is 0 Å². The number of hydrogen-bond acceptors (Lipinski definition) is 6. The molecular weight excluding hydrogens is 396 g/mol. The van der Waals surface area contributed by atoms with Crippen molar-refractivity contribution in [3.8, 4) is 0 Å². The van der Waals surface area contributed by atoms with Gasteiger partial charge in [0.15, 0.2) is 5.78 Å². The van der Waals surface area contributed by atoms with E-state index in [1.165, 1.54) is 13.8 Å². The summed E-state index contributed by atoms with van der Waals surface area (Å²) in [6.45, 7) is 7.11. The summed E-state index contributed by atoms with van der Waals surface area (Å²) in [5.74, 6) is 0.222. The number of hydrogen-bond donors (Lipinski definition) is 1. The lowest BCUT2D eigenvalue weighted by atomic mass is 9.43. The topological polar surface area (TPSA) is 89.9 Å². The van der Waals surface area contributed by atoms with E-state index in [0.29, 0.717) is 24.7 Å². The van der Waals surface area contributed by atoms with Crippen LogP contribution < -0.4 is 0 Å². The van der Waals surface area contributed by atoms with Crippen molar-refractivity contribution in [3.63, 3.8) is 0 Å². The Morgan fingerprint density at radius 3 is 2.32 bits per heavy atom. The molecule has 4 aliphatic rings. The summed E-state index contributed by atoms with van der Waals surface area (Å²) < 4.78 is 10.5. The molecule has 0 unspecified atom stereocenters. The molecule has 4 fully saturated rings. The lowest BCUT2D eigenvalue weighted by molar-refractivity contribution is -0.212. The van der Waals surface area contributed by atoms with Crippen LogP contribution in [0.15, 0.2) is 0 Å². The molecule has 0 amide bonds. The Kier molecular flexibility index (Phi) is 5.77. The molecule has 6 nitrogen and oxygen atoms in total. The summed E-state index contributed by atoms with van der Waals surface area (Å²) in [6.07, 6.45) is 8.06. The van der Waals surface area contributed by atoms with Gasteiger partial charge in [0.25, 0.3) is 0 Å². The van der Waals surface area contributed by atoms with Crippen LogP contribution in [0, 0.1) is 34.5 Å². The Hall–Kier alpha value is -1.43. The van der Waals surface area contributed by atoms with Crippen molar-refractivity contribution in [2.24, 2.45) is 34.5 Å². The van der Waals surface area contributed by atoms with Crippen LogP contribution in [-0.2, 0) is 23.9 Å². The van der Waals surface area contributed by atoms with Crippen molar-refractivity contribution in [2.75, 3.05) is 6.61 Å². The van der Waals surface area contributed by atoms with Crippen LogP contribution in [0.25, 0.3) is 0 Å². The molecular formula is C25H38O6. The third kappa shape index (κ3) is 3.53. The Balaban J connectivity index is 1.53. The minimum absolute atomic E-state index is 0.0267. The first-order chi connectivity index (χ1) is 14.5. The minimum atomic E-state index is -0.840. The number of ether oxygens (including phenoxy) is 2. The second-order valence-corrected chi connectivity index (χ2v) is 11.2. The zero-order valence-electron chi connectivity index (χ0n) is 19.4. The van der Waals surface area contributed by atoms with E-state index < -0.39 is 17.0 Å². The number of Topliss-reactive ketones (excluding diaryl/α,β-unsaturated/α-hetero) is 1. The van der Waals surface area contributed by atoms with Gasteiger partial charge in [-0.3, -0.25) is 14.4 Å². The summed E-state index contributed by atoms with van der Waals surface area (Å²) in [6, 6.07) is 0. The third-order valence-corrected chi connectivity index (χ3v) is 9.94. The molecule has 8 atom stereocenters. The van der Waals surface area contributed by atoms with Gasteiger partial charge in [-0.05, 0) is 81.0 Å². The van der Waals surface area contributed by atoms with E-state index in [4.69, 9.17) is 9.47 Å². The molecule has 6 heteroatoms. The molecule has 4 rings (SSSR count). The second-order valence-electron chi connectivity index (χ2n) is 11.2. The van der Waals surface area contributed by atoms with E-state index >= 15 is 0 Å². The van der Waals surface area contributed by atoms with Crippen LogP contribution in [0.4, 0.5) is 0 Å². The van der Waals surface area contributed by atoms with E-state index in [0.717, 1.165) is 44.9 Å². The number of ketones is 1. The monoisotopic (exact) mass is 434 g/mol. The number of carbonyl (C=O) groups is 3. The van der Waals surface area contributed by atoms with Crippen LogP contribution in [0.1, 0.15) is 85.5 Å². The number of carbonyl (C=O) groups excluding carboxylic acids is 3. The number of esters is 2. The molecule has 4 saturated carbocycles. The Morgan fingerprint density at radius 2 is 1.65 bits per heavy atom. The van der Waals surface area contributed by atoms with E-state index in [-0.39, 0.29) is 41.7 Å². The first-order valence-corrected chi connectivity index (χ1v) is 12.1. The number of fused-ring (bicyclic) bond motifs is 5. The van der Waals surface area contributed by atoms with Gasteiger partial charge in [0, 0.05) is 25.2 Å². The van der Waals surface area contributed by atoms with Gasteiger partial charge in [-0.1, -0.05) is 13.8 Å². The molecule has 0 bridgehead atoms. The highest BCUT2D eigenvalue weighted by molar-refractivity contribution is 5.85. The zero-order chi connectivity index (χ0) is 22.6. The first-order valence-electron chi connectivity index (χ1n) is 12.1. The summed E-state index contributed by atoms with van der Waals surface area (Å²) in [7, 11) is 0. The van der Waals surface area contributed by atoms with E-state index in [2.05, 4.69) is 13.8 Å². The SMILES string of the molecule is CC(=O)OCC(=O)[C@H]1CC[C@]2(O)[C@H]3CC[C@@H]4C[C@H](OC(C)=O)CC[C@]4(C)[C@@H]3CC[C@]12C. The van der Waals surface area contributed by atoms with E-state index in [1.54, 1.807) is 0 Å². The maximum atomic E-state index is 12.9. The Bertz CT molecular complexity index is 763. The summed E-state index contributed by atoms with van der Waals surface area (Å²) in [4.78, 5) is 35.5. The third-order valence-electron chi connectivity index (χ3n) is 9.94. The van der Waals surface area contributed by atoms with Crippen LogP contribution in [0.5, 0.6) is 0 Å². The van der Waals surface area contributed by atoms with Gasteiger partial charge in [0.05, 0.1) is 5.60 Å². The fourth-order valence-corrected chi connectivity index (χ4v) is 8.32. The molecule has 0 aromatic rings. The van der Waals surface area contributed by atoms with E-state index in [9.17, 15) is 19.5 Å². The van der Waals surface area contributed by atoms with Crippen molar-refractivity contribution in [3.05, 3.63) is 0 Å². The van der Waals surface area contributed by atoms with Crippen molar-refractivity contribution in [1.82, 2.24) is 0 Å². The fraction of sp³-hybridized carbons (Fsp3) is 0.880. The van der Waals surface area contributed by atoms with Gasteiger partial charge in [0.2, 0.25) is 0 Å². The lowest BCUT2D eigenvalue weighted by Gasteiger charge is -2.63. The Morgan fingerprint density at radius 1 is 0.903 bits per heavy atom. The number of rotatable bonds is 4. The lowest BCUT2D eigenvalue weighted by Crippen LogP contribution is -2.62. The molecule has 0 saturated heterocycles. The molecule has 0 aromatic carbocycles. The summed E-state index contributed by atoms with van der Waals surface area (Å²) >= 11 is 0. The van der Waals surface area contributed by atoms with Crippen molar-refractivity contribution in [2.45, 2.75) is 97.2 Å². The van der Waals surface area contributed by atoms with Crippen molar-refractivity contribution in [1.29, 1.82) is 0 Å². The molecule has 0 aliphatic heterocycles. The predicted octanol–water partition coefficient (Wildman–Crippen LogP) is 3.82. The van der Waals surface area contributed by atoms with Crippen molar-refractivity contribution < 1.29 is 29.0 Å². The normalized spacial score (nSPS) is 46.3. The molecule has 0 heterocycles. The summed E-state index contributed by atoms with van der Waals surface area (Å²) in [5, 5.41) is 12.1. The molecule has 1 N–H and O–H groups in total. The molecule has 0 aromatic heterocycles. The predicted molar refractivity (Wildman–Crippen MR) is 114 cm³/mol. The smallest absolute Gasteiger partial charge is 0.303 e. The quantitative estimate of drug-likeness (QED) is 0.677. The largest absolute Gasteiger partial charge is 0.463 e. The van der Waals surface area contributed by atoms with Gasteiger partial charge >= 0.3 is 11.9 Å². The highest BCUT2D eigenvalue weighted by atomic mass is 16.5. The van der Waals surface area contributed by atoms with Crippen LogP contribution >= 0.6 is 0 Å². The number of aliphatic hydroxyl groups is 1. The van der Waals surface area contributed by atoms with Gasteiger partial charge in [-0.15, -0.1) is 0 Å². The highest BCUT2D eigenvalue weighted by Gasteiger charge is 2.68. The van der Waals surface area contributed by atoms with E-state index in [1.807, 2.05) is 0 Å². The highest BCUT2D eigenvalue weighted by Crippen LogP contribution is 2.69. The molecule has 4 aliphatic carbocycles. The average Bonchev–Trinajstić information content (AvgIpc) is 2.97. The van der Waals surface area contributed by atoms with Gasteiger partial charge in [-0.25, -0.2) is 0 Å². The standard InChI is InChI=1S/C25H38O6/c1-15(26)30-14-22(28)21-9-12-25(29)20-6-5-17-13-18(31-16(2)27)7-10-23(17,3)19(20)8-11-24(21,25)4/h17-21,29H,5-14H2,1-4H3/t17-,18-,19-,20+,21-,23+,24-,25+/m1/s1. The van der Waals surface area contributed by atoms with Gasteiger partial charge in [0.1, 0.15) is 12.7 Å². The van der Waals surface area contributed by atoms with Gasteiger partial charge in [-0.2, -0.15) is 0 Å². The van der Waals surface area contributed by atoms with Gasteiger partial charge < -0.3 is 14.6 Å². The fourth-order valence-electron chi connectivity index (χ4n) is 8.32. The average molecular weight is 435 g/mol. The van der Waals surface area contributed by atoms with Crippen LogP contribution in [-0.4, -0.2) is 41.1 Å². The maximum Gasteiger partial charge on any atom is 0.303 e. The maximum absolute atomic E-state index is 12.9. The second kappa shape index (κ2) is 7.86. The van der Waals surface area contributed by atoms with Crippen LogP contribution in [0.3, 0.4) is 0 Å². The van der Waals surface area contributed by atoms with Crippen molar-refractivity contribution >= 4 is 17.7 Å². The first kappa shape index (κ1) is 22.8. The summed E-state index contributed by atoms with van der Waals surface area (Å²) in [5.41, 5.74) is -1.15. The molecule has 0 spiro atoms. The molecule has 0 radical (unpaired) electrons. The molecule has 174 valence electrons. The minimum Gasteiger partial charge on any atom is -0.463 e.